The summed E-state index contributed by atoms with van der Waals surface area (Å²) in [6.45, 7) is 0. The third-order valence-corrected chi connectivity index (χ3v) is 2.49. The zero-order valence-electron chi connectivity index (χ0n) is 9.10. The van der Waals surface area contributed by atoms with Gasteiger partial charge in [0.25, 0.3) is 0 Å². The highest BCUT2D eigenvalue weighted by Crippen LogP contribution is 2.26. The number of ether oxygens (including phenoxy) is 1. The highest BCUT2D eigenvalue weighted by Gasteiger charge is 2.14. The van der Waals surface area contributed by atoms with Crippen LogP contribution in [0.15, 0.2) is 18.2 Å². The molecule has 2 rings (SSSR count). The summed E-state index contributed by atoms with van der Waals surface area (Å²) >= 11 is 0. The van der Waals surface area contributed by atoms with Crippen LogP contribution in [0.2, 0.25) is 0 Å². The summed E-state index contributed by atoms with van der Waals surface area (Å²) in [5.74, 6) is -0.211. The quantitative estimate of drug-likeness (QED) is 0.844. The van der Waals surface area contributed by atoms with E-state index in [0.29, 0.717) is 17.0 Å². The molecule has 0 fully saturated rings. The summed E-state index contributed by atoms with van der Waals surface area (Å²) in [5, 5.41) is 13.9. The monoisotopic (exact) mass is 220 g/mol. The van der Waals surface area contributed by atoms with E-state index >= 15 is 0 Å². The SMILES string of the molecule is COc1cccc2c(CC(=O)O)n(C)nc12. The summed E-state index contributed by atoms with van der Waals surface area (Å²) < 4.78 is 6.76. The van der Waals surface area contributed by atoms with E-state index < -0.39 is 5.97 Å². The zero-order valence-corrected chi connectivity index (χ0v) is 9.10. The molecular formula is C11H12N2O3. The molecule has 0 amide bonds. The minimum atomic E-state index is -0.868. The van der Waals surface area contributed by atoms with Gasteiger partial charge in [-0.1, -0.05) is 12.1 Å². The molecule has 0 radical (unpaired) electrons. The molecule has 1 aromatic heterocycles. The van der Waals surface area contributed by atoms with Crippen molar-refractivity contribution in [2.24, 2.45) is 7.05 Å². The maximum absolute atomic E-state index is 10.7. The number of methoxy groups -OCH3 is 1. The van der Waals surface area contributed by atoms with Crippen LogP contribution < -0.4 is 4.74 Å². The number of carboxylic acid groups (broad SMARTS) is 1. The van der Waals surface area contributed by atoms with E-state index in [1.807, 2.05) is 12.1 Å². The van der Waals surface area contributed by atoms with Gasteiger partial charge in [-0.05, 0) is 6.07 Å². The Hall–Kier alpha value is -2.04. The number of aliphatic carboxylic acids is 1. The Bertz CT molecular complexity index is 545. The second kappa shape index (κ2) is 3.84. The maximum Gasteiger partial charge on any atom is 0.309 e. The van der Waals surface area contributed by atoms with Gasteiger partial charge in [0.2, 0.25) is 0 Å². The zero-order chi connectivity index (χ0) is 11.7. The Morgan fingerprint density at radius 3 is 2.94 bits per heavy atom. The molecule has 84 valence electrons. The average Bonchev–Trinajstić information content (AvgIpc) is 2.55. The van der Waals surface area contributed by atoms with Crippen LogP contribution in [-0.2, 0) is 18.3 Å². The third-order valence-electron chi connectivity index (χ3n) is 2.49. The summed E-state index contributed by atoms with van der Waals surface area (Å²) in [5.41, 5.74) is 1.38. The molecule has 0 saturated heterocycles. The van der Waals surface area contributed by atoms with Gasteiger partial charge in [-0.25, -0.2) is 0 Å². The number of aromatic nitrogens is 2. The molecule has 2 aromatic rings. The summed E-state index contributed by atoms with van der Waals surface area (Å²) in [7, 11) is 3.30. The lowest BCUT2D eigenvalue weighted by Gasteiger charge is -1.99. The van der Waals surface area contributed by atoms with Crippen LogP contribution in [0.1, 0.15) is 5.69 Å². The predicted octanol–water partition coefficient (Wildman–Crippen LogP) is 1.21. The minimum absolute atomic E-state index is 0.0415. The number of rotatable bonds is 3. The fourth-order valence-corrected chi connectivity index (χ4v) is 1.76. The van der Waals surface area contributed by atoms with E-state index in [1.54, 1.807) is 24.9 Å². The lowest BCUT2D eigenvalue weighted by molar-refractivity contribution is -0.136. The van der Waals surface area contributed by atoms with E-state index in [0.717, 1.165) is 5.39 Å². The number of hydrogen-bond donors (Lipinski definition) is 1. The Morgan fingerprint density at radius 2 is 2.31 bits per heavy atom. The van der Waals surface area contributed by atoms with Crippen LogP contribution in [0.4, 0.5) is 0 Å². The molecule has 0 bridgehead atoms. The highest BCUT2D eigenvalue weighted by molar-refractivity contribution is 5.89. The smallest absolute Gasteiger partial charge is 0.309 e. The van der Waals surface area contributed by atoms with Crippen LogP contribution >= 0.6 is 0 Å². The lowest BCUT2D eigenvalue weighted by Crippen LogP contribution is -2.06. The van der Waals surface area contributed by atoms with Crippen molar-refractivity contribution in [1.82, 2.24) is 9.78 Å². The first-order chi connectivity index (χ1) is 7.63. The Kier molecular flexibility index (Phi) is 2.52. The van der Waals surface area contributed by atoms with E-state index in [9.17, 15) is 4.79 Å². The average molecular weight is 220 g/mol. The van der Waals surface area contributed by atoms with Crippen molar-refractivity contribution >= 4 is 16.9 Å². The number of aryl methyl sites for hydroxylation is 1. The Morgan fingerprint density at radius 1 is 1.56 bits per heavy atom. The van der Waals surface area contributed by atoms with Gasteiger partial charge in [0.05, 0.1) is 19.2 Å². The van der Waals surface area contributed by atoms with Crippen molar-refractivity contribution in [2.75, 3.05) is 7.11 Å². The van der Waals surface area contributed by atoms with Gasteiger partial charge in [-0.15, -0.1) is 0 Å². The van der Waals surface area contributed by atoms with E-state index in [1.165, 1.54) is 0 Å². The first-order valence-corrected chi connectivity index (χ1v) is 4.84. The van der Waals surface area contributed by atoms with Gasteiger partial charge in [-0.3, -0.25) is 9.48 Å². The van der Waals surface area contributed by atoms with Crippen molar-refractivity contribution in [1.29, 1.82) is 0 Å². The predicted molar refractivity (Wildman–Crippen MR) is 58.6 cm³/mol. The lowest BCUT2D eigenvalue weighted by atomic mass is 10.1. The summed E-state index contributed by atoms with van der Waals surface area (Å²) in [6.07, 6.45) is -0.0415. The molecule has 0 spiro atoms. The van der Waals surface area contributed by atoms with Crippen molar-refractivity contribution in [3.63, 3.8) is 0 Å². The largest absolute Gasteiger partial charge is 0.494 e. The van der Waals surface area contributed by atoms with Crippen LogP contribution in [0.5, 0.6) is 5.75 Å². The summed E-state index contributed by atoms with van der Waals surface area (Å²) in [4.78, 5) is 10.7. The number of fused-ring (bicyclic) bond motifs is 1. The first kappa shape index (κ1) is 10.5. The maximum atomic E-state index is 10.7. The van der Waals surface area contributed by atoms with Gasteiger partial charge in [0, 0.05) is 12.4 Å². The molecular weight excluding hydrogens is 208 g/mol. The molecule has 0 aliphatic rings. The van der Waals surface area contributed by atoms with Crippen LogP contribution in [0.3, 0.4) is 0 Å². The summed E-state index contributed by atoms with van der Waals surface area (Å²) in [6, 6.07) is 5.48. The molecule has 0 aliphatic heterocycles. The fraction of sp³-hybridized carbons (Fsp3) is 0.273. The van der Waals surface area contributed by atoms with Crippen LogP contribution in [0.25, 0.3) is 10.9 Å². The second-order valence-electron chi connectivity index (χ2n) is 3.50. The van der Waals surface area contributed by atoms with Crippen molar-refractivity contribution in [3.8, 4) is 5.75 Å². The molecule has 0 saturated carbocycles. The fourth-order valence-electron chi connectivity index (χ4n) is 1.76. The van der Waals surface area contributed by atoms with Gasteiger partial charge in [0.15, 0.2) is 0 Å². The number of carbonyl (C=O) groups is 1. The minimum Gasteiger partial charge on any atom is -0.494 e. The highest BCUT2D eigenvalue weighted by atomic mass is 16.5. The second-order valence-corrected chi connectivity index (χ2v) is 3.50. The third kappa shape index (κ3) is 1.60. The van der Waals surface area contributed by atoms with Crippen LogP contribution in [-0.4, -0.2) is 28.0 Å². The van der Waals surface area contributed by atoms with E-state index in [-0.39, 0.29) is 6.42 Å². The van der Waals surface area contributed by atoms with Gasteiger partial charge in [0.1, 0.15) is 11.3 Å². The van der Waals surface area contributed by atoms with E-state index in [4.69, 9.17) is 9.84 Å². The molecule has 5 heteroatoms. The standard InChI is InChI=1S/C11H12N2O3/c1-13-8(6-10(14)15)7-4-3-5-9(16-2)11(7)12-13/h3-5H,6H2,1-2H3,(H,14,15). The van der Waals surface area contributed by atoms with Crippen LogP contribution in [0, 0.1) is 0 Å². The molecule has 0 unspecified atom stereocenters. The van der Waals surface area contributed by atoms with Gasteiger partial charge >= 0.3 is 5.97 Å². The molecule has 16 heavy (non-hydrogen) atoms. The number of nitrogens with zero attached hydrogens (tertiary/aromatic N) is 2. The molecule has 1 N–H and O–H groups in total. The molecule has 1 heterocycles. The number of carboxylic acids is 1. The number of benzene rings is 1. The number of hydrogen-bond acceptors (Lipinski definition) is 3. The van der Waals surface area contributed by atoms with Crippen molar-refractivity contribution < 1.29 is 14.6 Å². The molecule has 5 nitrogen and oxygen atoms in total. The normalized spacial score (nSPS) is 10.6. The molecule has 0 aliphatic carbocycles. The topological polar surface area (TPSA) is 64.3 Å². The Labute approximate surface area is 92.2 Å². The van der Waals surface area contributed by atoms with E-state index in [2.05, 4.69) is 5.10 Å². The van der Waals surface area contributed by atoms with Gasteiger partial charge < -0.3 is 9.84 Å². The van der Waals surface area contributed by atoms with Crippen molar-refractivity contribution in [3.05, 3.63) is 23.9 Å². The molecule has 0 atom stereocenters. The van der Waals surface area contributed by atoms with Gasteiger partial charge in [-0.2, -0.15) is 5.10 Å². The van der Waals surface area contributed by atoms with Crippen molar-refractivity contribution in [2.45, 2.75) is 6.42 Å². The molecule has 1 aromatic carbocycles. The first-order valence-electron chi connectivity index (χ1n) is 4.84. The Balaban J connectivity index is 2.66.